The van der Waals surface area contributed by atoms with Gasteiger partial charge >= 0.3 is 11.8 Å². The molecule has 0 amide bonds. The molecule has 0 aliphatic carbocycles. The number of aromatic nitrogens is 4. The maximum atomic E-state index is 6.36. The van der Waals surface area contributed by atoms with Crippen LogP contribution < -0.4 is 24.7 Å². The van der Waals surface area contributed by atoms with Crippen LogP contribution in [0.1, 0.15) is 0 Å². The minimum Gasteiger partial charge on any atom is -0.377 e. The van der Waals surface area contributed by atoms with Crippen LogP contribution in [-0.2, 0) is 0 Å². The SMILES string of the molecule is CN(C)c1cc[n+](-c2nc(N)c(Cl)c(-[n+]3ccc(N(C)C)cc3)n2)cc1. The van der Waals surface area contributed by atoms with E-state index in [1.54, 1.807) is 4.57 Å². The molecule has 3 aromatic heterocycles. The Kier molecular flexibility index (Phi) is 4.90. The van der Waals surface area contributed by atoms with Gasteiger partial charge in [-0.25, -0.2) is 4.57 Å². The number of rotatable bonds is 4. The van der Waals surface area contributed by atoms with Crippen molar-refractivity contribution in [2.45, 2.75) is 0 Å². The molecule has 7 nitrogen and oxygen atoms in total. The van der Waals surface area contributed by atoms with E-state index in [9.17, 15) is 0 Å². The fourth-order valence-corrected chi connectivity index (χ4v) is 2.62. The normalized spacial score (nSPS) is 10.7. The largest absolute Gasteiger partial charge is 0.479 e. The summed E-state index contributed by atoms with van der Waals surface area (Å²) in [5, 5.41) is 0.321. The van der Waals surface area contributed by atoms with Crippen molar-refractivity contribution < 1.29 is 9.13 Å². The molecule has 134 valence electrons. The van der Waals surface area contributed by atoms with Gasteiger partial charge < -0.3 is 15.5 Å². The molecule has 0 unspecified atom stereocenters. The van der Waals surface area contributed by atoms with E-state index in [-0.39, 0.29) is 5.82 Å². The average Bonchev–Trinajstić information content (AvgIpc) is 2.64. The number of nitrogens with two attached hydrogens (primary N) is 1. The van der Waals surface area contributed by atoms with Gasteiger partial charge in [0.05, 0.1) is 24.8 Å². The highest BCUT2D eigenvalue weighted by molar-refractivity contribution is 6.34. The molecule has 0 spiro atoms. The molecule has 0 saturated heterocycles. The monoisotopic (exact) mass is 371 g/mol. The summed E-state index contributed by atoms with van der Waals surface area (Å²) in [4.78, 5) is 13.0. The molecular weight excluding hydrogens is 350 g/mol. The van der Waals surface area contributed by atoms with Gasteiger partial charge in [-0.1, -0.05) is 11.6 Å². The summed E-state index contributed by atoms with van der Waals surface area (Å²) in [6.07, 6.45) is 7.57. The van der Waals surface area contributed by atoms with E-state index in [1.165, 1.54) is 0 Å². The van der Waals surface area contributed by atoms with Gasteiger partial charge in [0, 0.05) is 56.7 Å². The smallest absolute Gasteiger partial charge is 0.377 e. The predicted octanol–water partition coefficient (Wildman–Crippen LogP) is 1.40. The Balaban J connectivity index is 2.04. The van der Waals surface area contributed by atoms with Crippen molar-refractivity contribution in [2.75, 3.05) is 43.7 Å². The van der Waals surface area contributed by atoms with E-state index >= 15 is 0 Å². The number of hydrogen-bond acceptors (Lipinski definition) is 5. The number of anilines is 3. The maximum Gasteiger partial charge on any atom is 0.479 e. The first-order valence-corrected chi connectivity index (χ1v) is 8.45. The minimum atomic E-state index is 0.236. The summed E-state index contributed by atoms with van der Waals surface area (Å²) in [6.45, 7) is 0. The lowest BCUT2D eigenvalue weighted by atomic mass is 10.3. The van der Waals surface area contributed by atoms with Gasteiger partial charge in [0.1, 0.15) is 0 Å². The Morgan fingerprint density at radius 2 is 1.27 bits per heavy atom. The van der Waals surface area contributed by atoms with Crippen LogP contribution >= 0.6 is 11.6 Å². The summed E-state index contributed by atoms with van der Waals surface area (Å²) in [5.74, 6) is 1.22. The maximum absolute atomic E-state index is 6.36. The summed E-state index contributed by atoms with van der Waals surface area (Å²) in [6, 6.07) is 7.92. The van der Waals surface area contributed by atoms with E-state index in [0.29, 0.717) is 16.8 Å². The molecule has 3 aromatic rings. The lowest BCUT2D eigenvalue weighted by Crippen LogP contribution is -2.37. The van der Waals surface area contributed by atoms with Crippen molar-refractivity contribution in [1.29, 1.82) is 0 Å². The van der Waals surface area contributed by atoms with Gasteiger partial charge in [-0.05, 0) is 17.1 Å². The molecule has 2 N–H and O–H groups in total. The Morgan fingerprint density at radius 1 is 0.808 bits per heavy atom. The van der Waals surface area contributed by atoms with Crippen molar-refractivity contribution in [3.63, 3.8) is 0 Å². The lowest BCUT2D eigenvalue weighted by Gasteiger charge is -2.11. The molecule has 0 fully saturated rings. The molecule has 0 saturated carbocycles. The second-order valence-corrected chi connectivity index (χ2v) is 6.64. The van der Waals surface area contributed by atoms with E-state index in [4.69, 9.17) is 17.3 Å². The van der Waals surface area contributed by atoms with Crippen LogP contribution in [0.15, 0.2) is 49.1 Å². The number of nitrogen functional groups attached to an aromatic ring is 1. The van der Waals surface area contributed by atoms with Gasteiger partial charge in [0.15, 0.2) is 5.02 Å². The van der Waals surface area contributed by atoms with Gasteiger partial charge in [-0.15, -0.1) is 0 Å². The van der Waals surface area contributed by atoms with Crippen LogP contribution in [0.5, 0.6) is 0 Å². The Morgan fingerprint density at radius 3 is 1.73 bits per heavy atom. The molecule has 8 heteroatoms. The summed E-state index contributed by atoms with van der Waals surface area (Å²) < 4.78 is 3.63. The number of hydrogen-bond donors (Lipinski definition) is 1. The first-order valence-electron chi connectivity index (χ1n) is 8.08. The molecule has 0 radical (unpaired) electrons. The minimum absolute atomic E-state index is 0.236. The quantitative estimate of drug-likeness (QED) is 0.702. The topological polar surface area (TPSA) is 66.0 Å². The molecular formula is C18H22ClN7+2. The Labute approximate surface area is 157 Å². The number of pyridine rings is 2. The van der Waals surface area contributed by atoms with Crippen LogP contribution in [0, 0.1) is 0 Å². The highest BCUT2D eigenvalue weighted by Gasteiger charge is 2.26. The zero-order chi connectivity index (χ0) is 18.8. The van der Waals surface area contributed by atoms with Crippen molar-refractivity contribution in [3.05, 3.63) is 54.1 Å². The van der Waals surface area contributed by atoms with Gasteiger partial charge in [-0.3, -0.25) is 0 Å². The lowest BCUT2D eigenvalue weighted by molar-refractivity contribution is -0.614. The van der Waals surface area contributed by atoms with Crippen LogP contribution in [0.3, 0.4) is 0 Å². The van der Waals surface area contributed by atoms with Gasteiger partial charge in [-0.2, -0.15) is 4.57 Å². The van der Waals surface area contributed by atoms with Gasteiger partial charge in [0.2, 0.25) is 5.82 Å². The molecule has 0 bridgehead atoms. The molecule has 0 aliphatic heterocycles. The van der Waals surface area contributed by atoms with Crippen molar-refractivity contribution in [3.8, 4) is 11.8 Å². The molecule has 3 heterocycles. The van der Waals surface area contributed by atoms with E-state index in [1.807, 2.05) is 91.6 Å². The first kappa shape index (κ1) is 17.9. The second-order valence-electron chi connectivity index (χ2n) is 6.26. The third-order valence-corrected chi connectivity index (χ3v) is 4.34. The molecule has 3 rings (SSSR count). The first-order chi connectivity index (χ1) is 12.4. The zero-order valence-corrected chi connectivity index (χ0v) is 16.0. The van der Waals surface area contributed by atoms with E-state index in [0.717, 1.165) is 11.4 Å². The third kappa shape index (κ3) is 3.52. The molecule has 0 atom stereocenters. The van der Waals surface area contributed by atoms with Crippen molar-refractivity contribution in [2.24, 2.45) is 0 Å². The number of nitrogens with zero attached hydrogens (tertiary/aromatic N) is 6. The van der Waals surface area contributed by atoms with Crippen LogP contribution in [-0.4, -0.2) is 38.2 Å². The standard InChI is InChI=1S/C18H22ClN7/c1-23(2)13-5-9-25(10-6-13)17-15(19)16(20)21-18(22-17)26-11-7-14(8-12-26)24(3)4/h5-12H,1-4H3,(H2,20,21,22)/q+2. The predicted molar refractivity (Wildman–Crippen MR) is 103 cm³/mol. The third-order valence-electron chi connectivity index (χ3n) is 3.98. The van der Waals surface area contributed by atoms with Crippen LogP contribution in [0.25, 0.3) is 11.8 Å². The Hall–Kier alpha value is -2.93. The number of halogens is 1. The van der Waals surface area contributed by atoms with Gasteiger partial charge in [0.25, 0.3) is 0 Å². The second kappa shape index (κ2) is 7.13. The summed E-state index contributed by atoms with van der Waals surface area (Å²) in [7, 11) is 7.95. The van der Waals surface area contributed by atoms with E-state index < -0.39 is 0 Å². The highest BCUT2D eigenvalue weighted by atomic mass is 35.5. The van der Waals surface area contributed by atoms with Crippen LogP contribution in [0.2, 0.25) is 5.02 Å². The fraction of sp³-hybridized carbons (Fsp3) is 0.222. The molecule has 0 aliphatic rings. The van der Waals surface area contributed by atoms with Crippen LogP contribution in [0.4, 0.5) is 17.2 Å². The Bertz CT molecular complexity index is 906. The van der Waals surface area contributed by atoms with Crippen molar-refractivity contribution >= 4 is 28.8 Å². The van der Waals surface area contributed by atoms with E-state index in [2.05, 4.69) is 9.97 Å². The molecule has 0 aromatic carbocycles. The average molecular weight is 372 g/mol. The zero-order valence-electron chi connectivity index (χ0n) is 15.3. The summed E-state index contributed by atoms with van der Waals surface area (Å²) in [5.41, 5.74) is 8.18. The molecule has 26 heavy (non-hydrogen) atoms. The fourth-order valence-electron chi connectivity index (χ4n) is 2.43. The summed E-state index contributed by atoms with van der Waals surface area (Å²) >= 11 is 6.36. The highest BCUT2D eigenvalue weighted by Crippen LogP contribution is 2.20. The van der Waals surface area contributed by atoms with Crippen molar-refractivity contribution in [1.82, 2.24) is 9.97 Å².